The maximum atomic E-state index is 12.0. The Balaban J connectivity index is 1.98. The molecule has 1 amide bonds. The normalized spacial score (nSPS) is 21.8. The SMILES string of the molecule is CO[C@@H]1CN(C)CCN1NC(=O)c1ccccc1. The summed E-state index contributed by atoms with van der Waals surface area (Å²) >= 11 is 0. The molecule has 0 bridgehead atoms. The van der Waals surface area contributed by atoms with Gasteiger partial charge in [0.15, 0.2) is 0 Å². The Kier molecular flexibility index (Phi) is 4.30. The van der Waals surface area contributed by atoms with Crippen molar-refractivity contribution < 1.29 is 9.53 Å². The molecule has 5 nitrogen and oxygen atoms in total. The van der Waals surface area contributed by atoms with Crippen molar-refractivity contribution in [3.63, 3.8) is 0 Å². The van der Waals surface area contributed by atoms with Crippen molar-refractivity contribution in [1.29, 1.82) is 0 Å². The van der Waals surface area contributed by atoms with E-state index in [-0.39, 0.29) is 12.1 Å². The minimum Gasteiger partial charge on any atom is -0.363 e. The number of methoxy groups -OCH3 is 1. The molecule has 1 saturated heterocycles. The highest BCUT2D eigenvalue weighted by Gasteiger charge is 2.26. The summed E-state index contributed by atoms with van der Waals surface area (Å²) in [6.07, 6.45) is -0.101. The van der Waals surface area contributed by atoms with Crippen LogP contribution in [-0.2, 0) is 4.74 Å². The van der Waals surface area contributed by atoms with Crippen molar-refractivity contribution in [3.05, 3.63) is 35.9 Å². The fraction of sp³-hybridized carbons (Fsp3) is 0.462. The van der Waals surface area contributed by atoms with Crippen LogP contribution >= 0.6 is 0 Å². The van der Waals surface area contributed by atoms with E-state index in [1.54, 1.807) is 19.2 Å². The van der Waals surface area contributed by atoms with Crippen LogP contribution in [0.15, 0.2) is 30.3 Å². The van der Waals surface area contributed by atoms with Gasteiger partial charge >= 0.3 is 0 Å². The fourth-order valence-corrected chi connectivity index (χ4v) is 1.99. The largest absolute Gasteiger partial charge is 0.363 e. The van der Waals surface area contributed by atoms with Gasteiger partial charge in [0.1, 0.15) is 6.23 Å². The zero-order chi connectivity index (χ0) is 13.0. The standard InChI is InChI=1S/C13H19N3O2/c1-15-8-9-16(12(10-15)18-2)14-13(17)11-6-4-3-5-7-11/h3-7,12H,8-10H2,1-2H3,(H,14,17)/t12-/m1/s1. The number of rotatable bonds is 3. The van der Waals surface area contributed by atoms with E-state index in [9.17, 15) is 4.79 Å². The molecule has 98 valence electrons. The number of ether oxygens (including phenoxy) is 1. The Morgan fingerprint density at radius 1 is 1.33 bits per heavy atom. The number of hydrazine groups is 1. The molecule has 0 radical (unpaired) electrons. The summed E-state index contributed by atoms with van der Waals surface area (Å²) in [4.78, 5) is 14.2. The van der Waals surface area contributed by atoms with Gasteiger partial charge in [0, 0.05) is 32.3 Å². The number of nitrogens with zero attached hydrogens (tertiary/aromatic N) is 2. The summed E-state index contributed by atoms with van der Waals surface area (Å²) in [6, 6.07) is 9.20. The first-order chi connectivity index (χ1) is 8.70. The van der Waals surface area contributed by atoms with Crippen LogP contribution in [0.3, 0.4) is 0 Å². The van der Waals surface area contributed by atoms with Crippen molar-refractivity contribution >= 4 is 5.91 Å². The van der Waals surface area contributed by atoms with Crippen LogP contribution in [0, 0.1) is 0 Å². The van der Waals surface area contributed by atoms with Crippen LogP contribution in [0.2, 0.25) is 0 Å². The molecule has 1 heterocycles. The molecule has 1 aromatic carbocycles. The summed E-state index contributed by atoms with van der Waals surface area (Å²) in [5.41, 5.74) is 3.56. The molecule has 1 aliphatic rings. The second-order valence-corrected chi connectivity index (χ2v) is 4.45. The lowest BCUT2D eigenvalue weighted by Crippen LogP contribution is -2.59. The number of amides is 1. The Hall–Kier alpha value is -1.43. The fourth-order valence-electron chi connectivity index (χ4n) is 1.99. The van der Waals surface area contributed by atoms with Crippen LogP contribution in [0.25, 0.3) is 0 Å². The molecular weight excluding hydrogens is 230 g/mol. The van der Waals surface area contributed by atoms with Gasteiger partial charge in [0.05, 0.1) is 0 Å². The lowest BCUT2D eigenvalue weighted by Gasteiger charge is -2.38. The topological polar surface area (TPSA) is 44.8 Å². The van der Waals surface area contributed by atoms with E-state index in [0.717, 1.165) is 19.6 Å². The van der Waals surface area contributed by atoms with E-state index in [1.165, 1.54) is 0 Å². The summed E-state index contributed by atoms with van der Waals surface area (Å²) in [5.74, 6) is -0.0952. The zero-order valence-corrected chi connectivity index (χ0v) is 10.8. The highest BCUT2D eigenvalue weighted by Crippen LogP contribution is 2.07. The summed E-state index contributed by atoms with van der Waals surface area (Å²) in [6.45, 7) is 2.45. The van der Waals surface area contributed by atoms with Crippen LogP contribution in [-0.4, -0.2) is 55.8 Å². The number of benzene rings is 1. The molecule has 2 rings (SSSR count). The average Bonchev–Trinajstić information content (AvgIpc) is 2.41. The van der Waals surface area contributed by atoms with Crippen molar-refractivity contribution in [2.24, 2.45) is 0 Å². The van der Waals surface area contributed by atoms with E-state index in [4.69, 9.17) is 4.74 Å². The molecule has 0 aromatic heterocycles. The van der Waals surface area contributed by atoms with Crippen molar-refractivity contribution in [2.75, 3.05) is 33.8 Å². The predicted molar refractivity (Wildman–Crippen MR) is 68.9 cm³/mol. The van der Waals surface area contributed by atoms with Crippen LogP contribution in [0.5, 0.6) is 0 Å². The molecule has 0 saturated carbocycles. The van der Waals surface area contributed by atoms with E-state index < -0.39 is 0 Å². The van der Waals surface area contributed by atoms with Gasteiger partial charge in [0.25, 0.3) is 5.91 Å². The van der Waals surface area contributed by atoms with Gasteiger partial charge in [-0.25, -0.2) is 0 Å². The van der Waals surface area contributed by atoms with Crippen LogP contribution in [0.1, 0.15) is 10.4 Å². The molecule has 1 fully saturated rings. The third-order valence-corrected chi connectivity index (χ3v) is 3.09. The highest BCUT2D eigenvalue weighted by atomic mass is 16.5. The second kappa shape index (κ2) is 5.95. The summed E-state index contributed by atoms with van der Waals surface area (Å²) in [7, 11) is 3.70. The molecule has 1 aromatic rings. The van der Waals surface area contributed by atoms with Gasteiger partial charge in [0.2, 0.25) is 0 Å². The maximum Gasteiger partial charge on any atom is 0.265 e. The number of hydrogen-bond acceptors (Lipinski definition) is 4. The summed E-state index contributed by atoms with van der Waals surface area (Å²) in [5, 5.41) is 1.86. The first-order valence-electron chi connectivity index (χ1n) is 6.04. The number of nitrogens with one attached hydrogen (secondary N) is 1. The van der Waals surface area contributed by atoms with Gasteiger partial charge in [-0.05, 0) is 19.2 Å². The van der Waals surface area contributed by atoms with Gasteiger partial charge < -0.3 is 9.64 Å². The maximum absolute atomic E-state index is 12.0. The molecule has 1 aliphatic heterocycles. The number of likely N-dealkylation sites (N-methyl/N-ethyl adjacent to an activating group) is 1. The van der Waals surface area contributed by atoms with Crippen molar-refractivity contribution in [3.8, 4) is 0 Å². The van der Waals surface area contributed by atoms with E-state index >= 15 is 0 Å². The van der Waals surface area contributed by atoms with Crippen molar-refractivity contribution in [2.45, 2.75) is 6.23 Å². The molecule has 5 heteroatoms. The average molecular weight is 249 g/mol. The minimum absolute atomic E-state index is 0.0952. The number of piperazine rings is 1. The molecular formula is C13H19N3O2. The quantitative estimate of drug-likeness (QED) is 0.850. The predicted octanol–water partition coefficient (Wildman–Crippen LogP) is 0.551. The number of hydrogen-bond donors (Lipinski definition) is 1. The number of carbonyl (C=O) groups excluding carboxylic acids is 1. The van der Waals surface area contributed by atoms with Gasteiger partial charge in [-0.3, -0.25) is 10.2 Å². The Labute approximate surface area is 107 Å². The Bertz CT molecular complexity index is 396. The first-order valence-corrected chi connectivity index (χ1v) is 6.04. The third kappa shape index (κ3) is 3.07. The minimum atomic E-state index is -0.101. The smallest absolute Gasteiger partial charge is 0.265 e. The monoisotopic (exact) mass is 249 g/mol. The van der Waals surface area contributed by atoms with E-state index in [0.29, 0.717) is 5.56 Å². The Morgan fingerprint density at radius 2 is 2.06 bits per heavy atom. The summed E-state index contributed by atoms with van der Waals surface area (Å²) < 4.78 is 5.38. The van der Waals surface area contributed by atoms with Gasteiger partial charge in [-0.2, -0.15) is 5.01 Å². The molecule has 1 N–H and O–H groups in total. The molecule has 0 spiro atoms. The first kappa shape index (κ1) is 13.0. The molecule has 0 unspecified atom stereocenters. The highest BCUT2D eigenvalue weighted by molar-refractivity contribution is 5.93. The van der Waals surface area contributed by atoms with E-state index in [1.807, 2.05) is 30.3 Å². The van der Waals surface area contributed by atoms with Gasteiger partial charge in [-0.15, -0.1) is 0 Å². The number of carbonyl (C=O) groups is 1. The van der Waals surface area contributed by atoms with Crippen LogP contribution < -0.4 is 5.43 Å². The third-order valence-electron chi connectivity index (χ3n) is 3.09. The zero-order valence-electron chi connectivity index (χ0n) is 10.8. The second-order valence-electron chi connectivity index (χ2n) is 4.45. The molecule has 18 heavy (non-hydrogen) atoms. The van der Waals surface area contributed by atoms with Crippen molar-refractivity contribution in [1.82, 2.24) is 15.3 Å². The molecule has 0 aliphatic carbocycles. The lowest BCUT2D eigenvalue weighted by atomic mass is 10.2. The molecule has 1 atom stereocenters. The lowest BCUT2D eigenvalue weighted by molar-refractivity contribution is -0.0947. The van der Waals surface area contributed by atoms with Gasteiger partial charge in [-0.1, -0.05) is 18.2 Å². The van der Waals surface area contributed by atoms with E-state index in [2.05, 4.69) is 10.3 Å². The van der Waals surface area contributed by atoms with Crippen LogP contribution in [0.4, 0.5) is 0 Å². The Morgan fingerprint density at radius 3 is 2.72 bits per heavy atom.